The van der Waals surface area contributed by atoms with Crippen molar-refractivity contribution in [1.82, 2.24) is 5.32 Å². The number of carboxylic acid groups (broad SMARTS) is 1. The molecular formula is C13H15F4NO2. The Labute approximate surface area is 113 Å². The number of hydrogen-bond donors (Lipinski definition) is 2. The number of carboxylic acids is 1. The van der Waals surface area contributed by atoms with E-state index in [2.05, 4.69) is 5.32 Å². The molecule has 1 aromatic carbocycles. The normalized spacial score (nSPS) is 13.6. The summed E-state index contributed by atoms with van der Waals surface area (Å²) in [7, 11) is 0. The molecule has 20 heavy (non-hydrogen) atoms. The molecule has 0 amide bonds. The zero-order chi connectivity index (χ0) is 15.5. The lowest BCUT2D eigenvalue weighted by Gasteiger charge is -2.18. The van der Waals surface area contributed by atoms with Crippen LogP contribution in [0.2, 0.25) is 0 Å². The van der Waals surface area contributed by atoms with Crippen LogP contribution >= 0.6 is 0 Å². The van der Waals surface area contributed by atoms with Gasteiger partial charge in [-0.3, -0.25) is 4.79 Å². The molecule has 0 fully saturated rings. The Morgan fingerprint density at radius 1 is 1.35 bits per heavy atom. The molecule has 0 unspecified atom stereocenters. The standard InChI is InChI=1S/C13H15F4NO2/c1-7(2)11(12(19)20)18-6-8-3-4-10(14)9(5-8)13(15,16)17/h3-5,7,11,18H,6H2,1-2H3,(H,19,20)/t11-/m0/s1. The van der Waals surface area contributed by atoms with Crippen LogP contribution in [0.15, 0.2) is 18.2 Å². The van der Waals surface area contributed by atoms with E-state index in [1.807, 2.05) is 0 Å². The molecule has 1 rings (SSSR count). The Bertz CT molecular complexity index is 486. The summed E-state index contributed by atoms with van der Waals surface area (Å²) >= 11 is 0. The Kier molecular flexibility index (Phi) is 5.10. The highest BCUT2D eigenvalue weighted by molar-refractivity contribution is 5.73. The molecule has 0 saturated heterocycles. The molecule has 2 N–H and O–H groups in total. The van der Waals surface area contributed by atoms with Crippen LogP contribution in [0.1, 0.15) is 25.0 Å². The molecule has 0 heterocycles. The van der Waals surface area contributed by atoms with Gasteiger partial charge in [-0.1, -0.05) is 19.9 Å². The van der Waals surface area contributed by atoms with Crippen molar-refractivity contribution < 1.29 is 27.5 Å². The molecule has 1 aromatic rings. The van der Waals surface area contributed by atoms with Gasteiger partial charge in [0.05, 0.1) is 5.56 Å². The molecule has 0 aliphatic carbocycles. The number of carbonyl (C=O) groups is 1. The van der Waals surface area contributed by atoms with Gasteiger partial charge in [0, 0.05) is 6.54 Å². The zero-order valence-corrected chi connectivity index (χ0v) is 11.0. The summed E-state index contributed by atoms with van der Waals surface area (Å²) in [5.74, 6) is -2.66. The second-order valence-electron chi connectivity index (χ2n) is 4.75. The lowest BCUT2D eigenvalue weighted by molar-refractivity contribution is -0.141. The maximum absolute atomic E-state index is 13.1. The number of halogens is 4. The van der Waals surface area contributed by atoms with E-state index in [0.717, 1.165) is 6.07 Å². The predicted octanol–water partition coefficient (Wildman–Crippen LogP) is 3.04. The first-order valence-electron chi connectivity index (χ1n) is 5.94. The fourth-order valence-corrected chi connectivity index (χ4v) is 1.74. The summed E-state index contributed by atoms with van der Waals surface area (Å²) < 4.78 is 50.7. The number of rotatable bonds is 5. The van der Waals surface area contributed by atoms with Crippen molar-refractivity contribution in [3.63, 3.8) is 0 Å². The highest BCUT2D eigenvalue weighted by Crippen LogP contribution is 2.31. The minimum absolute atomic E-state index is 0.0848. The quantitative estimate of drug-likeness (QED) is 0.820. The molecule has 7 heteroatoms. The third-order valence-electron chi connectivity index (χ3n) is 2.79. The smallest absolute Gasteiger partial charge is 0.419 e. The van der Waals surface area contributed by atoms with Crippen molar-refractivity contribution in [2.24, 2.45) is 5.92 Å². The van der Waals surface area contributed by atoms with E-state index in [4.69, 9.17) is 5.11 Å². The fourth-order valence-electron chi connectivity index (χ4n) is 1.74. The number of hydrogen-bond acceptors (Lipinski definition) is 2. The third kappa shape index (κ3) is 4.19. The summed E-state index contributed by atoms with van der Waals surface area (Å²) in [5.41, 5.74) is -1.18. The predicted molar refractivity (Wildman–Crippen MR) is 64.5 cm³/mol. The van der Waals surface area contributed by atoms with Gasteiger partial charge >= 0.3 is 12.1 Å². The van der Waals surface area contributed by atoms with Gasteiger partial charge in [0.15, 0.2) is 0 Å². The van der Waals surface area contributed by atoms with E-state index >= 15 is 0 Å². The van der Waals surface area contributed by atoms with Gasteiger partial charge in [0.1, 0.15) is 11.9 Å². The first kappa shape index (κ1) is 16.4. The molecule has 112 valence electrons. The summed E-state index contributed by atoms with van der Waals surface area (Å²) in [6.45, 7) is 3.27. The van der Waals surface area contributed by atoms with Gasteiger partial charge < -0.3 is 10.4 Å². The maximum Gasteiger partial charge on any atom is 0.419 e. The van der Waals surface area contributed by atoms with Crippen molar-refractivity contribution in [3.8, 4) is 0 Å². The van der Waals surface area contributed by atoms with E-state index in [0.29, 0.717) is 6.07 Å². The van der Waals surface area contributed by atoms with E-state index in [1.54, 1.807) is 13.8 Å². The highest BCUT2D eigenvalue weighted by atomic mass is 19.4. The van der Waals surface area contributed by atoms with Crippen LogP contribution in [0.3, 0.4) is 0 Å². The second-order valence-corrected chi connectivity index (χ2v) is 4.75. The van der Waals surface area contributed by atoms with E-state index in [-0.39, 0.29) is 18.0 Å². The van der Waals surface area contributed by atoms with Gasteiger partial charge in [0.25, 0.3) is 0 Å². The minimum Gasteiger partial charge on any atom is -0.480 e. The average Bonchev–Trinajstić information content (AvgIpc) is 2.28. The number of benzene rings is 1. The SMILES string of the molecule is CC(C)[C@H](NCc1ccc(F)c(C(F)(F)F)c1)C(=O)O. The molecule has 0 radical (unpaired) electrons. The van der Waals surface area contributed by atoms with Crippen molar-refractivity contribution in [2.45, 2.75) is 32.6 Å². The second kappa shape index (κ2) is 6.21. The summed E-state index contributed by atoms with van der Waals surface area (Å²) in [6, 6.07) is 1.72. The Balaban J connectivity index is 2.87. The first-order chi connectivity index (χ1) is 9.12. The average molecular weight is 293 g/mol. The van der Waals surface area contributed by atoms with Crippen molar-refractivity contribution in [1.29, 1.82) is 0 Å². The number of aliphatic carboxylic acids is 1. The van der Waals surface area contributed by atoms with Crippen LogP contribution in [-0.2, 0) is 17.5 Å². The van der Waals surface area contributed by atoms with Crippen LogP contribution in [0.5, 0.6) is 0 Å². The van der Waals surface area contributed by atoms with Gasteiger partial charge in [-0.2, -0.15) is 13.2 Å². The molecule has 0 aliphatic heterocycles. The van der Waals surface area contributed by atoms with E-state index in [9.17, 15) is 22.4 Å². The Hall–Kier alpha value is -1.63. The molecule has 1 atom stereocenters. The largest absolute Gasteiger partial charge is 0.480 e. The first-order valence-corrected chi connectivity index (χ1v) is 5.94. The molecule has 3 nitrogen and oxygen atoms in total. The lowest BCUT2D eigenvalue weighted by Crippen LogP contribution is -2.40. The molecular weight excluding hydrogens is 278 g/mol. The van der Waals surface area contributed by atoms with Crippen molar-refractivity contribution in [2.75, 3.05) is 0 Å². The van der Waals surface area contributed by atoms with Crippen LogP contribution < -0.4 is 5.32 Å². The fraction of sp³-hybridized carbons (Fsp3) is 0.462. The van der Waals surface area contributed by atoms with Crippen molar-refractivity contribution in [3.05, 3.63) is 35.1 Å². The van der Waals surface area contributed by atoms with Crippen molar-refractivity contribution >= 4 is 5.97 Å². The molecule has 0 spiro atoms. The van der Waals surface area contributed by atoms with Gasteiger partial charge in [0.2, 0.25) is 0 Å². The van der Waals surface area contributed by atoms with E-state index < -0.39 is 29.6 Å². The van der Waals surface area contributed by atoms with Gasteiger partial charge in [-0.15, -0.1) is 0 Å². The molecule has 0 aliphatic rings. The third-order valence-corrected chi connectivity index (χ3v) is 2.79. The minimum atomic E-state index is -4.77. The topological polar surface area (TPSA) is 49.3 Å². The van der Waals surface area contributed by atoms with Crippen LogP contribution in [0, 0.1) is 11.7 Å². The van der Waals surface area contributed by atoms with Gasteiger partial charge in [-0.25, -0.2) is 4.39 Å². The van der Waals surface area contributed by atoms with Crippen LogP contribution in [-0.4, -0.2) is 17.1 Å². The monoisotopic (exact) mass is 293 g/mol. The maximum atomic E-state index is 13.1. The Morgan fingerprint density at radius 2 is 1.95 bits per heavy atom. The summed E-state index contributed by atoms with van der Waals surface area (Å²) in [6.07, 6.45) is -4.77. The molecule has 0 aromatic heterocycles. The molecule has 0 saturated carbocycles. The molecule has 0 bridgehead atoms. The van der Waals surface area contributed by atoms with E-state index in [1.165, 1.54) is 6.07 Å². The number of nitrogens with one attached hydrogen (secondary N) is 1. The Morgan fingerprint density at radius 3 is 2.40 bits per heavy atom. The lowest BCUT2D eigenvalue weighted by atomic mass is 10.0. The van der Waals surface area contributed by atoms with Crippen LogP contribution in [0.4, 0.5) is 17.6 Å². The zero-order valence-electron chi connectivity index (χ0n) is 11.0. The highest BCUT2D eigenvalue weighted by Gasteiger charge is 2.34. The summed E-state index contributed by atoms with van der Waals surface area (Å²) in [4.78, 5) is 10.9. The van der Waals surface area contributed by atoms with Crippen LogP contribution in [0.25, 0.3) is 0 Å². The number of alkyl halides is 3. The summed E-state index contributed by atoms with van der Waals surface area (Å²) in [5, 5.41) is 11.6. The van der Waals surface area contributed by atoms with Gasteiger partial charge in [-0.05, 0) is 23.6 Å².